The molecule has 2 aromatic rings. The average molecular weight is 371 g/mol. The zero-order valence-corrected chi connectivity index (χ0v) is 16.1. The number of carbonyl (C=O) groups is 2. The molecule has 0 aliphatic carbocycles. The number of carbonyl (C=O) groups excluding carboxylic acids is 2. The first-order valence-corrected chi connectivity index (χ1v) is 9.00. The van der Waals surface area contributed by atoms with Crippen LogP contribution in [-0.2, 0) is 29.1 Å². The molecule has 3 rings (SSSR count). The van der Waals surface area contributed by atoms with Gasteiger partial charge in [-0.25, -0.2) is 9.59 Å². The van der Waals surface area contributed by atoms with Crippen molar-refractivity contribution in [2.75, 3.05) is 14.1 Å². The molecule has 144 valence electrons. The number of benzene rings is 1. The Labute approximate surface area is 158 Å². The van der Waals surface area contributed by atoms with E-state index in [1.165, 1.54) is 19.7 Å². The number of rotatable bonds is 5. The van der Waals surface area contributed by atoms with Crippen LogP contribution in [0.3, 0.4) is 0 Å². The topological polar surface area (TPSA) is 81.6 Å². The molecule has 7 heteroatoms. The SMILES string of the molecule is CNC(=O)OCc1c(COC(=O)NC)c(C(C)C)n2c1Cc1ccccc1-2. The van der Waals surface area contributed by atoms with Gasteiger partial charge < -0.3 is 24.7 Å². The van der Waals surface area contributed by atoms with Crippen molar-refractivity contribution < 1.29 is 19.1 Å². The summed E-state index contributed by atoms with van der Waals surface area (Å²) in [7, 11) is 3.05. The van der Waals surface area contributed by atoms with E-state index in [-0.39, 0.29) is 19.1 Å². The molecular weight excluding hydrogens is 346 g/mol. The van der Waals surface area contributed by atoms with E-state index in [4.69, 9.17) is 9.47 Å². The van der Waals surface area contributed by atoms with Crippen LogP contribution in [-0.4, -0.2) is 30.8 Å². The number of nitrogens with zero attached hydrogens (tertiary/aromatic N) is 1. The van der Waals surface area contributed by atoms with Crippen molar-refractivity contribution in [3.8, 4) is 5.69 Å². The summed E-state index contributed by atoms with van der Waals surface area (Å²) in [5.41, 5.74) is 6.33. The molecule has 2 N–H and O–H groups in total. The van der Waals surface area contributed by atoms with E-state index in [9.17, 15) is 9.59 Å². The Bertz CT molecular complexity index is 870. The number of aromatic nitrogens is 1. The van der Waals surface area contributed by atoms with Gasteiger partial charge in [0.2, 0.25) is 0 Å². The molecule has 1 aromatic carbocycles. The Morgan fingerprint density at radius 1 is 1.04 bits per heavy atom. The second kappa shape index (κ2) is 7.73. The Hall–Kier alpha value is -2.96. The van der Waals surface area contributed by atoms with E-state index in [1.807, 2.05) is 12.1 Å². The van der Waals surface area contributed by atoms with Gasteiger partial charge in [-0.2, -0.15) is 0 Å². The first-order valence-electron chi connectivity index (χ1n) is 9.00. The van der Waals surface area contributed by atoms with Crippen molar-refractivity contribution in [3.63, 3.8) is 0 Å². The number of para-hydroxylation sites is 1. The van der Waals surface area contributed by atoms with Crippen molar-refractivity contribution in [2.24, 2.45) is 0 Å². The van der Waals surface area contributed by atoms with Gasteiger partial charge >= 0.3 is 12.2 Å². The van der Waals surface area contributed by atoms with Crippen LogP contribution < -0.4 is 10.6 Å². The lowest BCUT2D eigenvalue weighted by Crippen LogP contribution is -2.21. The van der Waals surface area contributed by atoms with Crippen LogP contribution in [0.5, 0.6) is 0 Å². The maximum Gasteiger partial charge on any atom is 0.407 e. The fourth-order valence-corrected chi connectivity index (χ4v) is 3.62. The highest BCUT2D eigenvalue weighted by atomic mass is 16.6. The second-order valence-corrected chi connectivity index (χ2v) is 6.74. The van der Waals surface area contributed by atoms with Crippen LogP contribution in [0.15, 0.2) is 24.3 Å². The fourth-order valence-electron chi connectivity index (χ4n) is 3.62. The lowest BCUT2D eigenvalue weighted by atomic mass is 10.00. The predicted molar refractivity (Wildman–Crippen MR) is 101 cm³/mol. The molecule has 0 saturated heterocycles. The van der Waals surface area contributed by atoms with Crippen LogP contribution in [0, 0.1) is 0 Å². The molecule has 1 aliphatic rings. The van der Waals surface area contributed by atoms with Gasteiger partial charge in [-0.05, 0) is 17.5 Å². The predicted octanol–water partition coefficient (Wildman–Crippen LogP) is 3.22. The molecule has 0 bridgehead atoms. The summed E-state index contributed by atoms with van der Waals surface area (Å²) in [4.78, 5) is 23.3. The van der Waals surface area contributed by atoms with E-state index in [1.54, 1.807) is 0 Å². The third-order valence-corrected chi connectivity index (χ3v) is 4.77. The molecule has 0 radical (unpaired) electrons. The first kappa shape index (κ1) is 18.8. The molecule has 0 spiro atoms. The van der Waals surface area contributed by atoms with Gasteiger partial charge in [-0.1, -0.05) is 32.0 Å². The van der Waals surface area contributed by atoms with Crippen molar-refractivity contribution in [2.45, 2.75) is 39.4 Å². The molecule has 0 atom stereocenters. The smallest absolute Gasteiger partial charge is 0.407 e. The van der Waals surface area contributed by atoms with Crippen molar-refractivity contribution in [1.82, 2.24) is 15.2 Å². The Morgan fingerprint density at radius 3 is 2.22 bits per heavy atom. The molecule has 0 fully saturated rings. The summed E-state index contributed by atoms with van der Waals surface area (Å²) in [6.07, 6.45) is -0.230. The minimum absolute atomic E-state index is 0.127. The van der Waals surface area contributed by atoms with Crippen molar-refractivity contribution >= 4 is 12.2 Å². The number of hydrogen-bond donors (Lipinski definition) is 2. The zero-order chi connectivity index (χ0) is 19.6. The molecule has 0 unspecified atom stereocenters. The zero-order valence-electron chi connectivity index (χ0n) is 16.1. The van der Waals surface area contributed by atoms with E-state index >= 15 is 0 Å². The third-order valence-electron chi connectivity index (χ3n) is 4.77. The highest BCUT2D eigenvalue weighted by Gasteiger charge is 2.31. The summed E-state index contributed by atoms with van der Waals surface area (Å²) >= 11 is 0. The number of nitrogens with one attached hydrogen (secondary N) is 2. The number of fused-ring (bicyclic) bond motifs is 3. The number of alkyl carbamates (subject to hydrolysis) is 2. The van der Waals surface area contributed by atoms with Crippen LogP contribution in [0.1, 0.15) is 47.8 Å². The average Bonchev–Trinajstić information content (AvgIpc) is 3.18. The molecule has 2 amide bonds. The Kier molecular flexibility index (Phi) is 5.39. The quantitative estimate of drug-likeness (QED) is 0.722. The van der Waals surface area contributed by atoms with Crippen molar-refractivity contribution in [3.05, 3.63) is 52.3 Å². The molecule has 1 aromatic heterocycles. The van der Waals surface area contributed by atoms with E-state index in [2.05, 4.69) is 41.2 Å². The summed E-state index contributed by atoms with van der Waals surface area (Å²) in [5.74, 6) is 0.201. The lowest BCUT2D eigenvalue weighted by molar-refractivity contribution is 0.133. The molecular formula is C20H25N3O4. The van der Waals surface area contributed by atoms with Crippen LogP contribution in [0.2, 0.25) is 0 Å². The monoisotopic (exact) mass is 371 g/mol. The van der Waals surface area contributed by atoms with Crippen LogP contribution in [0.25, 0.3) is 5.69 Å². The molecule has 1 aliphatic heterocycles. The van der Waals surface area contributed by atoms with Gasteiger partial charge in [0.25, 0.3) is 0 Å². The molecule has 7 nitrogen and oxygen atoms in total. The van der Waals surface area contributed by atoms with Gasteiger partial charge in [0.15, 0.2) is 0 Å². The van der Waals surface area contributed by atoms with Gasteiger partial charge in [0.1, 0.15) is 13.2 Å². The summed E-state index contributed by atoms with van der Waals surface area (Å²) in [6.45, 7) is 4.47. The van der Waals surface area contributed by atoms with Gasteiger partial charge in [0, 0.05) is 48.7 Å². The normalized spacial score (nSPS) is 11.7. The summed E-state index contributed by atoms with van der Waals surface area (Å²) in [6, 6.07) is 8.23. The van der Waals surface area contributed by atoms with E-state index < -0.39 is 12.2 Å². The maximum absolute atomic E-state index is 11.6. The Balaban J connectivity index is 2.09. The van der Waals surface area contributed by atoms with Gasteiger partial charge in [0.05, 0.1) is 0 Å². The molecule has 27 heavy (non-hydrogen) atoms. The first-order chi connectivity index (χ1) is 13.0. The van der Waals surface area contributed by atoms with Crippen LogP contribution >= 0.6 is 0 Å². The number of ether oxygens (including phenoxy) is 2. The standard InChI is InChI=1S/C20H25N3O4/c1-12(2)18-15(11-27-20(25)22-4)14(10-26-19(24)21-3)17-9-13-7-5-6-8-16(13)23(17)18/h5-8,12H,9-11H2,1-4H3,(H,21,24)(H,22,25). The minimum atomic E-state index is -0.491. The van der Waals surface area contributed by atoms with E-state index in [0.29, 0.717) is 0 Å². The summed E-state index contributed by atoms with van der Waals surface area (Å²) in [5, 5.41) is 4.93. The summed E-state index contributed by atoms with van der Waals surface area (Å²) < 4.78 is 12.9. The second-order valence-electron chi connectivity index (χ2n) is 6.74. The maximum atomic E-state index is 11.6. The molecule has 2 heterocycles. The Morgan fingerprint density at radius 2 is 1.63 bits per heavy atom. The lowest BCUT2D eigenvalue weighted by Gasteiger charge is -2.15. The largest absolute Gasteiger partial charge is 0.445 e. The van der Waals surface area contributed by atoms with Gasteiger partial charge in [-0.3, -0.25) is 0 Å². The highest BCUT2D eigenvalue weighted by Crippen LogP contribution is 2.39. The number of hydrogen-bond acceptors (Lipinski definition) is 4. The van der Waals surface area contributed by atoms with Crippen LogP contribution in [0.4, 0.5) is 9.59 Å². The minimum Gasteiger partial charge on any atom is -0.445 e. The third kappa shape index (κ3) is 3.49. The highest BCUT2D eigenvalue weighted by molar-refractivity contribution is 5.68. The number of amides is 2. The van der Waals surface area contributed by atoms with Gasteiger partial charge in [-0.15, -0.1) is 0 Å². The van der Waals surface area contributed by atoms with E-state index in [0.717, 1.165) is 34.6 Å². The fraction of sp³-hybridized carbons (Fsp3) is 0.400. The van der Waals surface area contributed by atoms with Crippen molar-refractivity contribution in [1.29, 1.82) is 0 Å². The molecule has 0 saturated carbocycles.